The lowest BCUT2D eigenvalue weighted by Crippen LogP contribution is -2.41. The van der Waals surface area contributed by atoms with Gasteiger partial charge < -0.3 is 14.4 Å². The number of piperidine rings is 1. The van der Waals surface area contributed by atoms with Gasteiger partial charge in [0.25, 0.3) is 0 Å². The monoisotopic (exact) mass is 321 g/mol. The summed E-state index contributed by atoms with van der Waals surface area (Å²) in [4.78, 5) is 33.8. The molecule has 0 saturated carbocycles. The lowest BCUT2D eigenvalue weighted by molar-refractivity contribution is 0.0203. The van der Waals surface area contributed by atoms with E-state index in [1.807, 2.05) is 20.8 Å². The van der Waals surface area contributed by atoms with Crippen LogP contribution >= 0.6 is 0 Å². The maximum atomic E-state index is 12.1. The van der Waals surface area contributed by atoms with Crippen LogP contribution in [0.25, 0.3) is 0 Å². The van der Waals surface area contributed by atoms with Crippen LogP contribution in [-0.2, 0) is 9.47 Å². The van der Waals surface area contributed by atoms with Crippen LogP contribution in [-0.4, -0.2) is 52.7 Å². The average molecular weight is 321 g/mol. The van der Waals surface area contributed by atoms with Crippen molar-refractivity contribution in [2.24, 2.45) is 0 Å². The highest BCUT2D eigenvalue weighted by molar-refractivity contribution is 5.86. The summed E-state index contributed by atoms with van der Waals surface area (Å²) in [5.74, 6) is 0.273. The molecule has 1 fully saturated rings. The van der Waals surface area contributed by atoms with Gasteiger partial charge in [0.1, 0.15) is 11.4 Å². The van der Waals surface area contributed by atoms with Crippen LogP contribution in [0.1, 0.15) is 55.8 Å². The van der Waals surface area contributed by atoms with Gasteiger partial charge in [-0.15, -0.1) is 0 Å². The molecule has 126 valence electrons. The van der Waals surface area contributed by atoms with Gasteiger partial charge in [-0.05, 0) is 39.7 Å². The Kier molecular flexibility index (Phi) is 5.18. The molecule has 1 amide bonds. The number of amides is 1. The highest BCUT2D eigenvalue weighted by Crippen LogP contribution is 2.26. The minimum atomic E-state index is -0.494. The number of rotatable bonds is 2. The number of aromatic nitrogens is 2. The molecule has 0 radical (unpaired) electrons. The van der Waals surface area contributed by atoms with E-state index in [1.54, 1.807) is 11.1 Å². The Balaban J connectivity index is 1.97. The van der Waals surface area contributed by atoms with Gasteiger partial charge in [-0.3, -0.25) is 0 Å². The summed E-state index contributed by atoms with van der Waals surface area (Å²) in [6, 6.07) is 1.53. The first-order chi connectivity index (χ1) is 10.8. The van der Waals surface area contributed by atoms with Crippen LogP contribution < -0.4 is 0 Å². The maximum absolute atomic E-state index is 12.1. The van der Waals surface area contributed by atoms with Crippen molar-refractivity contribution in [1.29, 1.82) is 0 Å². The average Bonchev–Trinajstić information content (AvgIpc) is 2.53. The van der Waals surface area contributed by atoms with Gasteiger partial charge in [-0.2, -0.15) is 0 Å². The van der Waals surface area contributed by atoms with E-state index in [0.29, 0.717) is 18.9 Å². The third kappa shape index (κ3) is 4.64. The Labute approximate surface area is 136 Å². The number of hydrogen-bond acceptors (Lipinski definition) is 6. The predicted octanol–water partition coefficient (Wildman–Crippen LogP) is 2.38. The molecule has 1 aliphatic heterocycles. The van der Waals surface area contributed by atoms with E-state index in [-0.39, 0.29) is 17.7 Å². The second-order valence-electron chi connectivity index (χ2n) is 6.53. The van der Waals surface area contributed by atoms with Gasteiger partial charge in [0.2, 0.25) is 0 Å². The second kappa shape index (κ2) is 6.93. The third-order valence-electron chi connectivity index (χ3n) is 3.58. The number of esters is 1. The van der Waals surface area contributed by atoms with Crippen molar-refractivity contribution < 1.29 is 19.1 Å². The van der Waals surface area contributed by atoms with Crippen molar-refractivity contribution in [3.8, 4) is 0 Å². The zero-order chi connectivity index (χ0) is 17.0. The Morgan fingerprint density at radius 3 is 2.48 bits per heavy atom. The van der Waals surface area contributed by atoms with Gasteiger partial charge in [-0.25, -0.2) is 19.6 Å². The lowest BCUT2D eigenvalue weighted by Gasteiger charge is -2.32. The Bertz CT molecular complexity index is 575. The SMILES string of the molecule is COC(=O)c1ccnc(C2CCN(C(=O)OC(C)(C)C)CC2)n1. The van der Waals surface area contributed by atoms with E-state index < -0.39 is 11.6 Å². The largest absolute Gasteiger partial charge is 0.464 e. The zero-order valence-corrected chi connectivity index (χ0v) is 14.0. The van der Waals surface area contributed by atoms with Crippen LogP contribution in [0.5, 0.6) is 0 Å². The van der Waals surface area contributed by atoms with Crippen molar-refractivity contribution in [3.05, 3.63) is 23.8 Å². The molecule has 1 aromatic rings. The highest BCUT2D eigenvalue weighted by atomic mass is 16.6. The standard InChI is InChI=1S/C16H23N3O4/c1-16(2,3)23-15(21)19-9-6-11(7-10-19)13-17-8-5-12(18-13)14(20)22-4/h5,8,11H,6-7,9-10H2,1-4H3. The first-order valence-corrected chi connectivity index (χ1v) is 7.69. The molecule has 0 atom stereocenters. The second-order valence-corrected chi connectivity index (χ2v) is 6.53. The number of ether oxygens (including phenoxy) is 2. The Morgan fingerprint density at radius 2 is 1.91 bits per heavy atom. The van der Waals surface area contributed by atoms with Crippen molar-refractivity contribution in [2.45, 2.75) is 45.1 Å². The van der Waals surface area contributed by atoms with E-state index in [0.717, 1.165) is 12.8 Å². The van der Waals surface area contributed by atoms with Crippen LogP contribution in [0.4, 0.5) is 4.79 Å². The van der Waals surface area contributed by atoms with Gasteiger partial charge in [0, 0.05) is 25.2 Å². The molecule has 1 aromatic heterocycles. The summed E-state index contributed by atoms with van der Waals surface area (Å²) in [6.07, 6.45) is 2.75. The van der Waals surface area contributed by atoms with E-state index in [1.165, 1.54) is 13.2 Å². The fraction of sp³-hybridized carbons (Fsp3) is 0.625. The fourth-order valence-corrected chi connectivity index (χ4v) is 2.44. The van der Waals surface area contributed by atoms with Crippen molar-refractivity contribution in [3.63, 3.8) is 0 Å². The van der Waals surface area contributed by atoms with E-state index in [9.17, 15) is 9.59 Å². The number of carbonyl (C=O) groups excluding carboxylic acids is 2. The quantitative estimate of drug-likeness (QED) is 0.778. The molecule has 23 heavy (non-hydrogen) atoms. The van der Waals surface area contributed by atoms with Crippen LogP contribution in [0, 0.1) is 0 Å². The first kappa shape index (κ1) is 17.2. The fourth-order valence-electron chi connectivity index (χ4n) is 2.44. The Morgan fingerprint density at radius 1 is 1.26 bits per heavy atom. The summed E-state index contributed by atoms with van der Waals surface area (Å²) < 4.78 is 10.1. The normalized spacial score (nSPS) is 16.1. The van der Waals surface area contributed by atoms with Gasteiger partial charge >= 0.3 is 12.1 Å². The molecule has 0 N–H and O–H groups in total. The van der Waals surface area contributed by atoms with Crippen LogP contribution in [0.3, 0.4) is 0 Å². The summed E-state index contributed by atoms with van der Waals surface area (Å²) in [5, 5.41) is 0. The molecule has 0 bridgehead atoms. The minimum Gasteiger partial charge on any atom is -0.464 e. The summed E-state index contributed by atoms with van der Waals surface area (Å²) >= 11 is 0. The smallest absolute Gasteiger partial charge is 0.410 e. The van der Waals surface area contributed by atoms with Crippen molar-refractivity contribution in [2.75, 3.05) is 20.2 Å². The van der Waals surface area contributed by atoms with E-state index in [2.05, 4.69) is 14.7 Å². The first-order valence-electron chi connectivity index (χ1n) is 7.69. The summed E-state index contributed by atoms with van der Waals surface area (Å²) in [6.45, 7) is 6.73. The van der Waals surface area contributed by atoms with E-state index in [4.69, 9.17) is 4.74 Å². The molecular formula is C16H23N3O4. The summed E-state index contributed by atoms with van der Waals surface area (Å²) in [7, 11) is 1.32. The third-order valence-corrected chi connectivity index (χ3v) is 3.58. The molecule has 7 heteroatoms. The van der Waals surface area contributed by atoms with Crippen molar-refractivity contribution >= 4 is 12.1 Å². The van der Waals surface area contributed by atoms with Crippen LogP contribution in [0.2, 0.25) is 0 Å². The number of hydrogen-bond donors (Lipinski definition) is 0. The molecule has 1 saturated heterocycles. The molecule has 0 aromatic carbocycles. The minimum absolute atomic E-state index is 0.123. The van der Waals surface area contributed by atoms with Crippen LogP contribution in [0.15, 0.2) is 12.3 Å². The Hall–Kier alpha value is -2.18. The number of carbonyl (C=O) groups is 2. The highest BCUT2D eigenvalue weighted by Gasteiger charge is 2.28. The molecule has 0 unspecified atom stereocenters. The van der Waals surface area contributed by atoms with Gasteiger partial charge in [-0.1, -0.05) is 0 Å². The van der Waals surface area contributed by atoms with Gasteiger partial charge in [0.15, 0.2) is 5.69 Å². The number of likely N-dealkylation sites (tertiary alicyclic amines) is 1. The molecule has 2 rings (SSSR count). The number of nitrogens with zero attached hydrogens (tertiary/aromatic N) is 3. The molecule has 2 heterocycles. The lowest BCUT2D eigenvalue weighted by atomic mass is 9.96. The topological polar surface area (TPSA) is 81.6 Å². The molecule has 0 spiro atoms. The molecule has 0 aliphatic carbocycles. The van der Waals surface area contributed by atoms with E-state index >= 15 is 0 Å². The molecule has 7 nitrogen and oxygen atoms in total. The van der Waals surface area contributed by atoms with Gasteiger partial charge in [0.05, 0.1) is 7.11 Å². The van der Waals surface area contributed by atoms with Crippen molar-refractivity contribution in [1.82, 2.24) is 14.9 Å². The predicted molar refractivity (Wildman–Crippen MR) is 83.2 cm³/mol. The zero-order valence-electron chi connectivity index (χ0n) is 14.0. The maximum Gasteiger partial charge on any atom is 0.410 e. The molecular weight excluding hydrogens is 298 g/mol. The number of methoxy groups -OCH3 is 1. The summed E-state index contributed by atoms with van der Waals surface area (Å²) in [5.41, 5.74) is -0.238. The molecule has 1 aliphatic rings.